The minimum absolute atomic E-state index is 0.124. The van der Waals surface area contributed by atoms with Crippen LogP contribution in [0.5, 0.6) is 0 Å². The molecule has 0 aromatic heterocycles. The Morgan fingerprint density at radius 2 is 1.91 bits per heavy atom. The van der Waals surface area contributed by atoms with Gasteiger partial charge in [0, 0.05) is 6.61 Å². The van der Waals surface area contributed by atoms with Gasteiger partial charge < -0.3 is 14.6 Å². The lowest BCUT2D eigenvalue weighted by molar-refractivity contribution is -0.0248. The van der Waals surface area contributed by atoms with E-state index >= 15 is 0 Å². The first-order chi connectivity index (χ1) is 5.16. The highest BCUT2D eigenvalue weighted by atomic mass is 16.5. The topological polar surface area (TPSA) is 38.7 Å². The van der Waals surface area contributed by atoms with E-state index in [1.54, 1.807) is 6.92 Å². The van der Waals surface area contributed by atoms with Crippen molar-refractivity contribution in [2.24, 2.45) is 0 Å². The molecule has 0 aliphatic rings. The summed E-state index contributed by atoms with van der Waals surface area (Å²) in [6, 6.07) is 0. The molecule has 0 heterocycles. The average molecular weight is 162 g/mol. The van der Waals surface area contributed by atoms with E-state index in [4.69, 9.17) is 14.6 Å². The van der Waals surface area contributed by atoms with E-state index in [2.05, 4.69) is 0 Å². The van der Waals surface area contributed by atoms with Gasteiger partial charge in [-0.3, -0.25) is 0 Å². The van der Waals surface area contributed by atoms with E-state index < -0.39 is 0 Å². The van der Waals surface area contributed by atoms with Crippen LogP contribution in [0.15, 0.2) is 0 Å². The Labute approximate surface area is 68.3 Å². The van der Waals surface area contributed by atoms with Gasteiger partial charge in [0.05, 0.1) is 25.4 Å². The summed E-state index contributed by atoms with van der Waals surface area (Å²) in [7, 11) is 0. The second-order valence-electron chi connectivity index (χ2n) is 2.65. The molecule has 0 aromatic rings. The molecule has 0 fully saturated rings. The van der Waals surface area contributed by atoms with Crippen LogP contribution in [0.1, 0.15) is 20.8 Å². The van der Waals surface area contributed by atoms with Gasteiger partial charge in [0.1, 0.15) is 0 Å². The first kappa shape index (κ1) is 10.9. The van der Waals surface area contributed by atoms with Gasteiger partial charge >= 0.3 is 0 Å². The predicted octanol–water partition coefficient (Wildman–Crippen LogP) is 0.809. The Kier molecular flexibility index (Phi) is 6.51. The van der Waals surface area contributed by atoms with E-state index in [1.165, 1.54) is 0 Å². The predicted molar refractivity (Wildman–Crippen MR) is 43.6 cm³/mol. The van der Waals surface area contributed by atoms with Gasteiger partial charge in [0.15, 0.2) is 0 Å². The lowest BCUT2D eigenvalue weighted by atomic mass is 10.4. The average Bonchev–Trinajstić information content (AvgIpc) is 1.87. The summed E-state index contributed by atoms with van der Waals surface area (Å²) >= 11 is 0. The zero-order valence-electron chi connectivity index (χ0n) is 7.54. The van der Waals surface area contributed by atoms with Gasteiger partial charge in [0.2, 0.25) is 0 Å². The van der Waals surface area contributed by atoms with E-state index in [-0.39, 0.29) is 12.2 Å². The second kappa shape index (κ2) is 6.58. The third-order valence-corrected chi connectivity index (χ3v) is 1.16. The normalized spacial score (nSPS) is 16.4. The van der Waals surface area contributed by atoms with Gasteiger partial charge in [-0.2, -0.15) is 0 Å². The molecule has 1 N–H and O–H groups in total. The van der Waals surface area contributed by atoms with Crippen LogP contribution in [0.4, 0.5) is 0 Å². The van der Waals surface area contributed by atoms with Crippen LogP contribution in [0.2, 0.25) is 0 Å². The number of hydrogen-bond donors (Lipinski definition) is 1. The summed E-state index contributed by atoms with van der Waals surface area (Å²) in [6.07, 6.45) is -0.262. The van der Waals surface area contributed by atoms with Gasteiger partial charge in [0.25, 0.3) is 0 Å². The molecule has 11 heavy (non-hydrogen) atoms. The molecular formula is C8H18O3. The molecule has 0 rings (SSSR count). The van der Waals surface area contributed by atoms with Gasteiger partial charge in [-0.05, 0) is 20.8 Å². The Balaban J connectivity index is 3.10. The molecule has 0 bridgehead atoms. The highest BCUT2D eigenvalue weighted by molar-refractivity contribution is 4.48. The Morgan fingerprint density at radius 3 is 2.36 bits per heavy atom. The van der Waals surface area contributed by atoms with Crippen molar-refractivity contribution in [3.8, 4) is 0 Å². The zero-order chi connectivity index (χ0) is 8.69. The maximum Gasteiger partial charge on any atom is 0.0780 e. The monoisotopic (exact) mass is 162 g/mol. The standard InChI is InChI=1S/C8H18O3/c1-4-11-8(3)6-10-5-7(2)9/h7-9H,4-6H2,1-3H3. The number of hydrogen-bond acceptors (Lipinski definition) is 3. The molecule has 2 atom stereocenters. The Bertz CT molecular complexity index is 83.4. The fraction of sp³-hybridized carbons (Fsp3) is 1.00. The van der Waals surface area contributed by atoms with Crippen molar-refractivity contribution >= 4 is 0 Å². The molecule has 2 unspecified atom stereocenters. The molecule has 0 aliphatic heterocycles. The maximum absolute atomic E-state index is 8.83. The molecule has 3 nitrogen and oxygen atoms in total. The third kappa shape index (κ3) is 7.78. The van der Waals surface area contributed by atoms with Gasteiger partial charge in [-0.15, -0.1) is 0 Å². The zero-order valence-corrected chi connectivity index (χ0v) is 7.54. The van der Waals surface area contributed by atoms with Crippen molar-refractivity contribution in [2.75, 3.05) is 19.8 Å². The van der Waals surface area contributed by atoms with E-state index in [1.807, 2.05) is 13.8 Å². The molecule has 0 saturated carbocycles. The molecule has 0 saturated heterocycles. The second-order valence-corrected chi connectivity index (χ2v) is 2.65. The molecule has 0 aliphatic carbocycles. The number of rotatable bonds is 6. The van der Waals surface area contributed by atoms with E-state index in [0.29, 0.717) is 19.8 Å². The molecule has 0 spiro atoms. The van der Waals surface area contributed by atoms with Crippen LogP contribution in [-0.4, -0.2) is 37.1 Å². The molecule has 3 heteroatoms. The third-order valence-electron chi connectivity index (χ3n) is 1.16. The molecule has 68 valence electrons. The lowest BCUT2D eigenvalue weighted by Gasteiger charge is -2.12. The van der Waals surface area contributed by atoms with Crippen LogP contribution >= 0.6 is 0 Å². The fourth-order valence-electron chi connectivity index (χ4n) is 0.737. The summed E-state index contributed by atoms with van der Waals surface area (Å²) in [6.45, 7) is 7.25. The summed E-state index contributed by atoms with van der Waals surface area (Å²) in [4.78, 5) is 0. The maximum atomic E-state index is 8.83. The first-order valence-corrected chi connectivity index (χ1v) is 4.04. The summed E-state index contributed by atoms with van der Waals surface area (Å²) in [5.41, 5.74) is 0. The number of ether oxygens (including phenoxy) is 2. The lowest BCUT2D eigenvalue weighted by Crippen LogP contribution is -2.19. The molecule has 0 amide bonds. The molecule has 0 aromatic carbocycles. The minimum atomic E-state index is -0.385. The highest BCUT2D eigenvalue weighted by Gasteiger charge is 2.01. The van der Waals surface area contributed by atoms with Gasteiger partial charge in [-0.25, -0.2) is 0 Å². The van der Waals surface area contributed by atoms with Crippen LogP contribution < -0.4 is 0 Å². The summed E-state index contributed by atoms with van der Waals surface area (Å²) in [5.74, 6) is 0. The van der Waals surface area contributed by atoms with Crippen LogP contribution in [0, 0.1) is 0 Å². The highest BCUT2D eigenvalue weighted by Crippen LogP contribution is 1.92. The van der Waals surface area contributed by atoms with Crippen LogP contribution in [-0.2, 0) is 9.47 Å². The Hall–Kier alpha value is -0.120. The SMILES string of the molecule is CCOC(C)COCC(C)O. The van der Waals surface area contributed by atoms with E-state index in [9.17, 15) is 0 Å². The van der Waals surface area contributed by atoms with Crippen molar-refractivity contribution in [3.05, 3.63) is 0 Å². The smallest absolute Gasteiger partial charge is 0.0780 e. The fourth-order valence-corrected chi connectivity index (χ4v) is 0.737. The van der Waals surface area contributed by atoms with E-state index in [0.717, 1.165) is 0 Å². The Morgan fingerprint density at radius 1 is 1.27 bits per heavy atom. The largest absolute Gasteiger partial charge is 0.391 e. The number of aliphatic hydroxyl groups excluding tert-OH is 1. The number of aliphatic hydroxyl groups is 1. The van der Waals surface area contributed by atoms with Crippen molar-refractivity contribution < 1.29 is 14.6 Å². The van der Waals surface area contributed by atoms with Crippen molar-refractivity contribution in [1.82, 2.24) is 0 Å². The first-order valence-electron chi connectivity index (χ1n) is 4.04. The summed E-state index contributed by atoms with van der Waals surface area (Å²) < 4.78 is 10.4. The molecule has 0 radical (unpaired) electrons. The van der Waals surface area contributed by atoms with Crippen molar-refractivity contribution in [2.45, 2.75) is 33.0 Å². The van der Waals surface area contributed by atoms with Crippen LogP contribution in [0.25, 0.3) is 0 Å². The van der Waals surface area contributed by atoms with Crippen molar-refractivity contribution in [3.63, 3.8) is 0 Å². The molecular weight excluding hydrogens is 144 g/mol. The quantitative estimate of drug-likeness (QED) is 0.628. The van der Waals surface area contributed by atoms with Gasteiger partial charge in [-0.1, -0.05) is 0 Å². The minimum Gasteiger partial charge on any atom is -0.391 e. The van der Waals surface area contributed by atoms with Crippen LogP contribution in [0.3, 0.4) is 0 Å². The van der Waals surface area contributed by atoms with Crippen molar-refractivity contribution in [1.29, 1.82) is 0 Å². The summed E-state index contributed by atoms with van der Waals surface area (Å²) in [5, 5.41) is 8.83.